The summed E-state index contributed by atoms with van der Waals surface area (Å²) in [5, 5.41) is 3.31. The van der Waals surface area contributed by atoms with Crippen LogP contribution in [0.25, 0.3) is 0 Å². The molecule has 3 N–H and O–H groups in total. The smallest absolute Gasteiger partial charge is 0.123 e. The normalized spacial score (nSPS) is 21.6. The van der Waals surface area contributed by atoms with Crippen LogP contribution in [0.2, 0.25) is 0 Å². The minimum Gasteiger partial charge on any atom is -0.496 e. The maximum absolute atomic E-state index is 6.26. The first-order valence-electron chi connectivity index (χ1n) is 6.12. The topological polar surface area (TPSA) is 56.5 Å². The summed E-state index contributed by atoms with van der Waals surface area (Å²) in [6.07, 6.45) is 0.970. The van der Waals surface area contributed by atoms with Gasteiger partial charge in [-0.05, 0) is 24.6 Å². The Morgan fingerprint density at radius 2 is 2.44 bits per heavy atom. The van der Waals surface area contributed by atoms with Gasteiger partial charge >= 0.3 is 0 Å². The van der Waals surface area contributed by atoms with Crippen molar-refractivity contribution in [1.82, 2.24) is 5.32 Å². The number of hydrogen-bond acceptors (Lipinski definition) is 4. The van der Waals surface area contributed by atoms with E-state index in [0.29, 0.717) is 0 Å². The van der Waals surface area contributed by atoms with Gasteiger partial charge in [0, 0.05) is 29.2 Å². The molecule has 1 aliphatic heterocycles. The highest BCUT2D eigenvalue weighted by atomic mass is 79.9. The van der Waals surface area contributed by atoms with E-state index in [1.807, 2.05) is 18.2 Å². The van der Waals surface area contributed by atoms with E-state index in [0.717, 1.165) is 41.9 Å². The standard InChI is InChI=1S/C13H19BrN2O2/c1-17-13-3-2-9(14)6-11(13)12(15)7-10-8-16-4-5-18-10/h2-3,6,10,12,16H,4-5,7-8,15H2,1H3. The van der Waals surface area contributed by atoms with Crippen LogP contribution in [0.15, 0.2) is 22.7 Å². The van der Waals surface area contributed by atoms with Gasteiger partial charge in [-0.1, -0.05) is 15.9 Å². The van der Waals surface area contributed by atoms with Gasteiger partial charge in [-0.2, -0.15) is 0 Å². The minimum atomic E-state index is -0.0812. The Labute approximate surface area is 116 Å². The highest BCUT2D eigenvalue weighted by molar-refractivity contribution is 9.10. The summed E-state index contributed by atoms with van der Waals surface area (Å²) in [4.78, 5) is 0. The van der Waals surface area contributed by atoms with Crippen LogP contribution >= 0.6 is 15.9 Å². The molecule has 0 aliphatic carbocycles. The lowest BCUT2D eigenvalue weighted by Gasteiger charge is -2.26. The molecule has 1 aliphatic rings. The first kappa shape index (κ1) is 13.8. The van der Waals surface area contributed by atoms with Gasteiger partial charge < -0.3 is 20.5 Å². The molecule has 0 radical (unpaired) electrons. The molecule has 5 heteroatoms. The molecule has 2 rings (SSSR count). The van der Waals surface area contributed by atoms with E-state index in [1.165, 1.54) is 0 Å². The van der Waals surface area contributed by atoms with E-state index < -0.39 is 0 Å². The van der Waals surface area contributed by atoms with Crippen LogP contribution in [0, 0.1) is 0 Å². The zero-order valence-electron chi connectivity index (χ0n) is 10.5. The van der Waals surface area contributed by atoms with E-state index >= 15 is 0 Å². The fourth-order valence-electron chi connectivity index (χ4n) is 2.18. The summed E-state index contributed by atoms with van der Waals surface area (Å²) in [6.45, 7) is 2.54. The predicted molar refractivity (Wildman–Crippen MR) is 74.8 cm³/mol. The SMILES string of the molecule is COc1ccc(Br)cc1C(N)CC1CNCCO1. The Balaban J connectivity index is 2.07. The van der Waals surface area contributed by atoms with E-state index in [1.54, 1.807) is 7.11 Å². The third-order valence-corrected chi connectivity index (χ3v) is 3.61. The van der Waals surface area contributed by atoms with Crippen LogP contribution in [0.3, 0.4) is 0 Å². The molecule has 0 saturated carbocycles. The van der Waals surface area contributed by atoms with Crippen molar-refractivity contribution in [2.75, 3.05) is 26.8 Å². The number of nitrogens with one attached hydrogen (secondary N) is 1. The molecule has 1 fully saturated rings. The maximum atomic E-state index is 6.26. The van der Waals surface area contributed by atoms with Crippen LogP contribution < -0.4 is 15.8 Å². The zero-order valence-corrected chi connectivity index (χ0v) is 12.1. The highest BCUT2D eigenvalue weighted by Gasteiger charge is 2.20. The largest absolute Gasteiger partial charge is 0.496 e. The Bertz CT molecular complexity index is 395. The van der Waals surface area contributed by atoms with Gasteiger partial charge in [0.25, 0.3) is 0 Å². The lowest BCUT2D eigenvalue weighted by atomic mass is 10.00. The second-order valence-electron chi connectivity index (χ2n) is 4.43. The number of morpholine rings is 1. The molecule has 2 unspecified atom stereocenters. The third-order valence-electron chi connectivity index (χ3n) is 3.11. The molecule has 0 aromatic heterocycles. The first-order valence-corrected chi connectivity index (χ1v) is 6.91. The Morgan fingerprint density at radius 1 is 1.61 bits per heavy atom. The summed E-state index contributed by atoms with van der Waals surface area (Å²) in [7, 11) is 1.66. The lowest BCUT2D eigenvalue weighted by Crippen LogP contribution is -2.40. The average Bonchev–Trinajstić information content (AvgIpc) is 2.40. The highest BCUT2D eigenvalue weighted by Crippen LogP contribution is 2.30. The van der Waals surface area contributed by atoms with Gasteiger partial charge in [-0.3, -0.25) is 0 Å². The Morgan fingerprint density at radius 3 is 3.11 bits per heavy atom. The summed E-state index contributed by atoms with van der Waals surface area (Å²) >= 11 is 3.46. The van der Waals surface area contributed by atoms with E-state index in [4.69, 9.17) is 15.2 Å². The summed E-state index contributed by atoms with van der Waals surface area (Å²) in [6, 6.07) is 5.81. The van der Waals surface area contributed by atoms with Crippen molar-refractivity contribution in [2.24, 2.45) is 5.73 Å². The van der Waals surface area contributed by atoms with Gasteiger partial charge in [-0.25, -0.2) is 0 Å². The van der Waals surface area contributed by atoms with Gasteiger partial charge in [0.1, 0.15) is 5.75 Å². The molecular formula is C13H19BrN2O2. The third kappa shape index (κ3) is 3.45. The Kier molecular flexibility index (Phi) is 5.00. The minimum absolute atomic E-state index is 0.0812. The van der Waals surface area contributed by atoms with Crippen LogP contribution in [-0.2, 0) is 4.74 Å². The van der Waals surface area contributed by atoms with Crippen LogP contribution in [0.4, 0.5) is 0 Å². The zero-order chi connectivity index (χ0) is 13.0. The number of methoxy groups -OCH3 is 1. The molecular weight excluding hydrogens is 296 g/mol. The molecule has 1 heterocycles. The van der Waals surface area contributed by atoms with Gasteiger partial charge in [-0.15, -0.1) is 0 Å². The molecule has 100 valence electrons. The average molecular weight is 315 g/mol. The van der Waals surface area contributed by atoms with Crippen LogP contribution in [0.5, 0.6) is 5.75 Å². The Hall–Kier alpha value is -0.620. The summed E-state index contributed by atoms with van der Waals surface area (Å²) < 4.78 is 12.0. The van der Waals surface area contributed by atoms with E-state index in [2.05, 4.69) is 21.2 Å². The van der Waals surface area contributed by atoms with Crippen LogP contribution in [-0.4, -0.2) is 32.9 Å². The number of halogens is 1. The molecule has 18 heavy (non-hydrogen) atoms. The van der Waals surface area contributed by atoms with Crippen LogP contribution in [0.1, 0.15) is 18.0 Å². The van der Waals surface area contributed by atoms with Gasteiger partial charge in [0.15, 0.2) is 0 Å². The van der Waals surface area contributed by atoms with Crippen molar-refractivity contribution >= 4 is 15.9 Å². The summed E-state index contributed by atoms with van der Waals surface area (Å²) in [5.74, 6) is 0.828. The molecule has 4 nitrogen and oxygen atoms in total. The van der Waals surface area contributed by atoms with Crippen molar-refractivity contribution < 1.29 is 9.47 Å². The van der Waals surface area contributed by atoms with Gasteiger partial charge in [0.2, 0.25) is 0 Å². The molecule has 0 spiro atoms. The lowest BCUT2D eigenvalue weighted by molar-refractivity contribution is 0.0194. The number of hydrogen-bond donors (Lipinski definition) is 2. The van der Waals surface area contributed by atoms with Crippen molar-refractivity contribution in [3.63, 3.8) is 0 Å². The fraction of sp³-hybridized carbons (Fsp3) is 0.538. The molecule has 1 aromatic carbocycles. The van der Waals surface area contributed by atoms with Crippen molar-refractivity contribution in [3.8, 4) is 5.75 Å². The predicted octanol–water partition coefficient (Wildman–Crippen LogP) is 1.84. The molecule has 0 amide bonds. The van der Waals surface area contributed by atoms with Crippen molar-refractivity contribution in [2.45, 2.75) is 18.6 Å². The van der Waals surface area contributed by atoms with Gasteiger partial charge in [0.05, 0.1) is 19.8 Å². The second-order valence-corrected chi connectivity index (χ2v) is 5.34. The fourth-order valence-corrected chi connectivity index (χ4v) is 2.56. The first-order chi connectivity index (χ1) is 8.70. The summed E-state index contributed by atoms with van der Waals surface area (Å²) in [5.41, 5.74) is 7.28. The quantitative estimate of drug-likeness (QED) is 0.890. The second kappa shape index (κ2) is 6.52. The van der Waals surface area contributed by atoms with E-state index in [-0.39, 0.29) is 12.1 Å². The number of nitrogens with two attached hydrogens (primary N) is 1. The number of benzene rings is 1. The molecule has 1 saturated heterocycles. The maximum Gasteiger partial charge on any atom is 0.123 e. The van der Waals surface area contributed by atoms with Crippen molar-refractivity contribution in [3.05, 3.63) is 28.2 Å². The van der Waals surface area contributed by atoms with Crippen molar-refractivity contribution in [1.29, 1.82) is 0 Å². The van der Waals surface area contributed by atoms with E-state index in [9.17, 15) is 0 Å². The molecule has 1 aromatic rings. The number of ether oxygens (including phenoxy) is 2. The monoisotopic (exact) mass is 314 g/mol. The molecule has 2 atom stereocenters. The number of rotatable bonds is 4. The molecule has 0 bridgehead atoms.